The van der Waals surface area contributed by atoms with Crippen molar-refractivity contribution >= 4 is 28.1 Å². The Kier molecular flexibility index (Phi) is 4.00. The SMILES string of the molecule is Cc1csc(C(=O)NCC(O)c2cn(C)c3ccccc23)c1. The van der Waals surface area contributed by atoms with E-state index in [-0.39, 0.29) is 12.5 Å². The number of aryl methyl sites for hydroxylation is 2. The van der Waals surface area contributed by atoms with E-state index >= 15 is 0 Å². The molecule has 0 aliphatic rings. The van der Waals surface area contributed by atoms with Gasteiger partial charge in [0.25, 0.3) is 5.91 Å². The zero-order valence-electron chi connectivity index (χ0n) is 12.5. The minimum absolute atomic E-state index is 0.141. The number of para-hydroxylation sites is 1. The van der Waals surface area contributed by atoms with Crippen LogP contribution in [0.5, 0.6) is 0 Å². The van der Waals surface area contributed by atoms with Crippen molar-refractivity contribution in [2.24, 2.45) is 7.05 Å². The summed E-state index contributed by atoms with van der Waals surface area (Å²) in [5.74, 6) is -0.141. The number of benzene rings is 1. The Morgan fingerprint density at radius 1 is 1.41 bits per heavy atom. The molecule has 4 nitrogen and oxygen atoms in total. The number of fused-ring (bicyclic) bond motifs is 1. The smallest absolute Gasteiger partial charge is 0.261 e. The number of thiophene rings is 1. The number of carbonyl (C=O) groups is 1. The lowest BCUT2D eigenvalue weighted by atomic mass is 10.1. The summed E-state index contributed by atoms with van der Waals surface area (Å²) in [7, 11) is 1.95. The van der Waals surface area contributed by atoms with Crippen molar-refractivity contribution < 1.29 is 9.90 Å². The fraction of sp³-hybridized carbons (Fsp3) is 0.235. The Morgan fingerprint density at radius 3 is 2.91 bits per heavy atom. The average Bonchev–Trinajstić information content (AvgIpc) is 3.09. The van der Waals surface area contributed by atoms with Crippen molar-refractivity contribution in [1.82, 2.24) is 9.88 Å². The zero-order valence-corrected chi connectivity index (χ0v) is 13.4. The molecule has 0 radical (unpaired) electrons. The molecule has 1 unspecified atom stereocenters. The molecule has 0 fully saturated rings. The van der Waals surface area contributed by atoms with Crippen LogP contribution in [-0.2, 0) is 7.05 Å². The summed E-state index contributed by atoms with van der Waals surface area (Å²) < 4.78 is 1.98. The maximum atomic E-state index is 12.0. The number of hydrogen-bond donors (Lipinski definition) is 2. The van der Waals surface area contributed by atoms with Crippen LogP contribution in [0.25, 0.3) is 10.9 Å². The van der Waals surface area contributed by atoms with Gasteiger partial charge >= 0.3 is 0 Å². The summed E-state index contributed by atoms with van der Waals surface area (Å²) in [5.41, 5.74) is 2.97. The van der Waals surface area contributed by atoms with Gasteiger partial charge in [-0.2, -0.15) is 0 Å². The molecule has 0 spiro atoms. The highest BCUT2D eigenvalue weighted by molar-refractivity contribution is 7.12. The molecule has 3 rings (SSSR count). The average molecular weight is 314 g/mol. The van der Waals surface area contributed by atoms with E-state index in [1.165, 1.54) is 11.3 Å². The molecule has 0 saturated carbocycles. The zero-order chi connectivity index (χ0) is 15.7. The van der Waals surface area contributed by atoms with Gasteiger partial charge in [0.2, 0.25) is 0 Å². The van der Waals surface area contributed by atoms with Gasteiger partial charge < -0.3 is 15.0 Å². The van der Waals surface area contributed by atoms with Gasteiger partial charge in [-0.25, -0.2) is 0 Å². The molecule has 0 aliphatic carbocycles. The van der Waals surface area contributed by atoms with Crippen molar-refractivity contribution in [1.29, 1.82) is 0 Å². The number of amides is 1. The first-order valence-corrected chi connectivity index (χ1v) is 7.99. The summed E-state index contributed by atoms with van der Waals surface area (Å²) >= 11 is 1.41. The molecular weight excluding hydrogens is 296 g/mol. The molecule has 2 N–H and O–H groups in total. The molecule has 22 heavy (non-hydrogen) atoms. The molecule has 1 amide bonds. The molecule has 0 aliphatic heterocycles. The second-order valence-electron chi connectivity index (χ2n) is 5.43. The monoisotopic (exact) mass is 314 g/mol. The molecule has 2 heterocycles. The maximum absolute atomic E-state index is 12.0. The highest BCUT2D eigenvalue weighted by Gasteiger charge is 2.16. The summed E-state index contributed by atoms with van der Waals surface area (Å²) in [6.07, 6.45) is 1.19. The molecule has 114 valence electrons. The van der Waals surface area contributed by atoms with E-state index in [0.29, 0.717) is 4.88 Å². The normalized spacial score (nSPS) is 12.5. The van der Waals surface area contributed by atoms with Crippen molar-refractivity contribution in [2.45, 2.75) is 13.0 Å². The predicted molar refractivity (Wildman–Crippen MR) is 89.3 cm³/mol. The van der Waals surface area contributed by atoms with Crippen LogP contribution in [0.15, 0.2) is 41.9 Å². The van der Waals surface area contributed by atoms with Gasteiger partial charge in [0.15, 0.2) is 0 Å². The lowest BCUT2D eigenvalue weighted by molar-refractivity contribution is 0.0921. The molecule has 1 aromatic carbocycles. The molecule has 2 aromatic heterocycles. The van der Waals surface area contributed by atoms with Gasteiger partial charge in [-0.05, 0) is 30.0 Å². The Balaban J connectivity index is 1.74. The van der Waals surface area contributed by atoms with E-state index in [0.717, 1.165) is 22.0 Å². The van der Waals surface area contributed by atoms with E-state index in [9.17, 15) is 9.90 Å². The number of carbonyl (C=O) groups excluding carboxylic acids is 1. The standard InChI is InChI=1S/C17H18N2O2S/c1-11-7-16(22-10-11)17(21)18-8-15(20)13-9-19(2)14-6-4-3-5-12(13)14/h3-7,9-10,15,20H,8H2,1-2H3,(H,18,21). The first-order valence-electron chi connectivity index (χ1n) is 7.11. The summed E-state index contributed by atoms with van der Waals surface area (Å²) in [6.45, 7) is 2.15. The molecule has 0 saturated heterocycles. The number of aliphatic hydroxyl groups excluding tert-OH is 1. The largest absolute Gasteiger partial charge is 0.386 e. The Bertz CT molecular complexity index is 819. The Hall–Kier alpha value is -2.11. The Morgan fingerprint density at radius 2 is 2.18 bits per heavy atom. The number of hydrogen-bond acceptors (Lipinski definition) is 3. The molecule has 0 bridgehead atoms. The summed E-state index contributed by atoms with van der Waals surface area (Å²) in [4.78, 5) is 12.7. The van der Waals surface area contributed by atoms with Crippen LogP contribution in [0, 0.1) is 6.92 Å². The minimum atomic E-state index is -0.726. The highest BCUT2D eigenvalue weighted by atomic mass is 32.1. The van der Waals surface area contributed by atoms with Crippen LogP contribution < -0.4 is 5.32 Å². The topological polar surface area (TPSA) is 54.3 Å². The van der Waals surface area contributed by atoms with Gasteiger partial charge in [0.05, 0.1) is 11.0 Å². The molecule has 5 heteroatoms. The third kappa shape index (κ3) is 2.77. The molecule has 1 atom stereocenters. The second-order valence-corrected chi connectivity index (χ2v) is 6.34. The van der Waals surface area contributed by atoms with E-state index in [4.69, 9.17) is 0 Å². The first-order chi connectivity index (χ1) is 10.6. The van der Waals surface area contributed by atoms with Gasteiger partial charge in [-0.15, -0.1) is 11.3 Å². The van der Waals surface area contributed by atoms with Crippen LogP contribution in [0.3, 0.4) is 0 Å². The fourth-order valence-electron chi connectivity index (χ4n) is 2.58. The quantitative estimate of drug-likeness (QED) is 0.778. The lowest BCUT2D eigenvalue weighted by Gasteiger charge is -2.10. The van der Waals surface area contributed by atoms with E-state index < -0.39 is 6.10 Å². The van der Waals surface area contributed by atoms with E-state index in [1.54, 1.807) is 0 Å². The van der Waals surface area contributed by atoms with Gasteiger partial charge in [0, 0.05) is 36.3 Å². The summed E-state index contributed by atoms with van der Waals surface area (Å²) in [5, 5.41) is 16.2. The number of nitrogens with one attached hydrogen (secondary N) is 1. The van der Waals surface area contributed by atoms with Crippen molar-refractivity contribution in [3.63, 3.8) is 0 Å². The van der Waals surface area contributed by atoms with Gasteiger partial charge in [-0.3, -0.25) is 4.79 Å². The van der Waals surface area contributed by atoms with E-state index in [2.05, 4.69) is 5.32 Å². The first kappa shape index (κ1) is 14.8. The van der Waals surface area contributed by atoms with Gasteiger partial charge in [0.1, 0.15) is 0 Å². The van der Waals surface area contributed by atoms with Crippen LogP contribution in [0.4, 0.5) is 0 Å². The summed E-state index contributed by atoms with van der Waals surface area (Å²) in [6, 6.07) is 9.77. The van der Waals surface area contributed by atoms with E-state index in [1.807, 2.05) is 60.4 Å². The van der Waals surface area contributed by atoms with Crippen LogP contribution in [-0.4, -0.2) is 22.1 Å². The lowest BCUT2D eigenvalue weighted by Crippen LogP contribution is -2.27. The molecule has 3 aromatic rings. The number of aliphatic hydroxyl groups is 1. The fourth-order valence-corrected chi connectivity index (χ4v) is 3.39. The number of rotatable bonds is 4. The van der Waals surface area contributed by atoms with Crippen LogP contribution in [0.1, 0.15) is 26.9 Å². The number of aromatic nitrogens is 1. The highest BCUT2D eigenvalue weighted by Crippen LogP contribution is 2.25. The minimum Gasteiger partial charge on any atom is -0.386 e. The van der Waals surface area contributed by atoms with Crippen LogP contribution in [0.2, 0.25) is 0 Å². The molecular formula is C17H18N2O2S. The predicted octanol–water partition coefficient (Wildman–Crippen LogP) is 3.01. The second kappa shape index (κ2) is 5.94. The van der Waals surface area contributed by atoms with Gasteiger partial charge in [-0.1, -0.05) is 18.2 Å². The number of nitrogens with zero attached hydrogens (tertiary/aromatic N) is 1. The van der Waals surface area contributed by atoms with Crippen LogP contribution >= 0.6 is 11.3 Å². The van der Waals surface area contributed by atoms with Crippen molar-refractivity contribution in [3.8, 4) is 0 Å². The Labute approximate surface area is 133 Å². The third-order valence-corrected chi connectivity index (χ3v) is 4.74. The maximum Gasteiger partial charge on any atom is 0.261 e. The van der Waals surface area contributed by atoms with Crippen molar-refractivity contribution in [2.75, 3.05) is 6.54 Å². The third-order valence-electron chi connectivity index (χ3n) is 3.70. The van der Waals surface area contributed by atoms with Crippen molar-refractivity contribution in [3.05, 3.63) is 57.9 Å².